The van der Waals surface area contributed by atoms with E-state index in [0.717, 1.165) is 5.56 Å². The predicted octanol–water partition coefficient (Wildman–Crippen LogP) is 3.49. The summed E-state index contributed by atoms with van der Waals surface area (Å²) < 4.78 is 38.1. The van der Waals surface area contributed by atoms with E-state index in [0.29, 0.717) is 10.7 Å². The van der Waals surface area contributed by atoms with Crippen LogP contribution in [0.15, 0.2) is 24.3 Å². The number of hydrogen-bond acceptors (Lipinski definition) is 5. The van der Waals surface area contributed by atoms with E-state index in [1.165, 1.54) is 6.07 Å². The van der Waals surface area contributed by atoms with Crippen molar-refractivity contribution in [2.24, 2.45) is 5.84 Å². The van der Waals surface area contributed by atoms with Gasteiger partial charge in [-0.15, -0.1) is 0 Å². The van der Waals surface area contributed by atoms with E-state index in [9.17, 15) is 13.2 Å². The Labute approximate surface area is 123 Å². The van der Waals surface area contributed by atoms with E-state index in [2.05, 4.69) is 20.7 Å². The summed E-state index contributed by atoms with van der Waals surface area (Å²) in [5.74, 6) is 3.61. The van der Waals surface area contributed by atoms with Crippen LogP contribution in [0.25, 0.3) is 0 Å². The third kappa shape index (κ3) is 3.73. The first-order chi connectivity index (χ1) is 9.79. The number of aromatic nitrogens is 2. The lowest BCUT2D eigenvalue weighted by atomic mass is 10.2. The highest BCUT2D eigenvalue weighted by Crippen LogP contribution is 2.29. The number of alkyl halides is 3. The molecule has 0 spiro atoms. The highest BCUT2D eigenvalue weighted by atomic mass is 35.5. The lowest BCUT2D eigenvalue weighted by molar-refractivity contribution is -0.144. The summed E-state index contributed by atoms with van der Waals surface area (Å²) >= 11 is 5.96. The minimum atomic E-state index is -4.67. The van der Waals surface area contributed by atoms with Crippen molar-refractivity contribution in [2.75, 3.05) is 10.7 Å². The van der Waals surface area contributed by atoms with Gasteiger partial charge in [-0.3, -0.25) is 0 Å². The maximum Gasteiger partial charge on any atom is 0.451 e. The predicted molar refractivity (Wildman–Crippen MR) is 74.3 cm³/mol. The molecule has 0 aliphatic carbocycles. The summed E-state index contributed by atoms with van der Waals surface area (Å²) in [6, 6.07) is 6.25. The fourth-order valence-corrected chi connectivity index (χ4v) is 1.71. The molecule has 2 aromatic rings. The van der Waals surface area contributed by atoms with Crippen LogP contribution in [0.4, 0.5) is 30.5 Å². The summed E-state index contributed by atoms with van der Waals surface area (Å²) in [7, 11) is 0. The molecule has 0 saturated carbocycles. The van der Waals surface area contributed by atoms with Gasteiger partial charge in [0.25, 0.3) is 0 Å². The maximum atomic E-state index is 12.7. The zero-order chi connectivity index (χ0) is 15.6. The minimum Gasteiger partial charge on any atom is -0.340 e. The summed E-state index contributed by atoms with van der Waals surface area (Å²) in [6.07, 6.45) is -4.67. The molecule has 112 valence electrons. The van der Waals surface area contributed by atoms with E-state index < -0.39 is 12.0 Å². The van der Waals surface area contributed by atoms with Crippen LogP contribution in [0.3, 0.4) is 0 Å². The van der Waals surface area contributed by atoms with Crippen LogP contribution in [0.5, 0.6) is 0 Å². The molecule has 5 nitrogen and oxygen atoms in total. The van der Waals surface area contributed by atoms with E-state index in [4.69, 9.17) is 17.4 Å². The molecule has 2 rings (SSSR count). The number of benzene rings is 1. The standard InChI is InChI=1S/C12H11ClF3N5/c1-6-2-3-7(4-8(6)13)18-9-5-10(21-17)20-11(19-9)12(14,15)16/h2-5H,17H2,1H3,(H2,18,19,20,21). The molecule has 0 aliphatic heterocycles. The van der Waals surface area contributed by atoms with Crippen LogP contribution in [0.2, 0.25) is 5.02 Å². The summed E-state index contributed by atoms with van der Waals surface area (Å²) in [6.45, 7) is 1.81. The molecular weight excluding hydrogens is 307 g/mol. The molecule has 0 fully saturated rings. The van der Waals surface area contributed by atoms with Gasteiger partial charge in [-0.05, 0) is 24.6 Å². The fourth-order valence-electron chi connectivity index (χ4n) is 1.53. The first-order valence-corrected chi connectivity index (χ1v) is 6.13. The maximum absolute atomic E-state index is 12.7. The van der Waals surface area contributed by atoms with Gasteiger partial charge in [-0.25, -0.2) is 15.8 Å². The van der Waals surface area contributed by atoms with E-state index in [1.54, 1.807) is 18.2 Å². The van der Waals surface area contributed by atoms with Gasteiger partial charge >= 0.3 is 6.18 Å². The van der Waals surface area contributed by atoms with Crippen LogP contribution in [-0.4, -0.2) is 9.97 Å². The summed E-state index contributed by atoms with van der Waals surface area (Å²) in [5.41, 5.74) is 3.42. The molecule has 1 aromatic carbocycles. The highest BCUT2D eigenvalue weighted by molar-refractivity contribution is 6.31. The molecule has 0 saturated heterocycles. The number of nitrogens with two attached hydrogens (primary N) is 1. The molecule has 9 heteroatoms. The van der Waals surface area contributed by atoms with Crippen LogP contribution in [0, 0.1) is 6.92 Å². The van der Waals surface area contributed by atoms with Gasteiger partial charge in [0.05, 0.1) is 0 Å². The largest absolute Gasteiger partial charge is 0.451 e. The summed E-state index contributed by atoms with van der Waals surface area (Å²) in [4.78, 5) is 6.67. The lowest BCUT2D eigenvalue weighted by Gasteiger charge is -2.12. The molecule has 0 atom stereocenters. The quantitative estimate of drug-likeness (QED) is 0.597. The molecule has 1 heterocycles. The van der Waals surface area contributed by atoms with E-state index in [1.807, 2.05) is 6.92 Å². The van der Waals surface area contributed by atoms with Crippen LogP contribution in [0.1, 0.15) is 11.4 Å². The van der Waals surface area contributed by atoms with E-state index >= 15 is 0 Å². The van der Waals surface area contributed by atoms with E-state index in [-0.39, 0.29) is 11.6 Å². The zero-order valence-electron chi connectivity index (χ0n) is 10.8. The number of aryl methyl sites for hydroxylation is 1. The van der Waals surface area contributed by atoms with Crippen molar-refractivity contribution in [3.8, 4) is 0 Å². The number of nitrogen functional groups attached to an aromatic ring is 1. The second kappa shape index (κ2) is 5.74. The molecule has 4 N–H and O–H groups in total. The number of nitrogens with zero attached hydrogens (tertiary/aromatic N) is 2. The Hall–Kier alpha value is -2.06. The Morgan fingerprint density at radius 3 is 2.38 bits per heavy atom. The van der Waals surface area contributed by atoms with Crippen LogP contribution in [-0.2, 0) is 6.18 Å². The van der Waals surface area contributed by atoms with Crippen molar-refractivity contribution >= 4 is 28.9 Å². The number of hydrogen-bond donors (Lipinski definition) is 3. The van der Waals surface area contributed by atoms with Gasteiger partial charge in [-0.2, -0.15) is 13.2 Å². The molecular formula is C12H11ClF3N5. The van der Waals surface area contributed by atoms with Gasteiger partial charge in [0.1, 0.15) is 11.6 Å². The smallest absolute Gasteiger partial charge is 0.340 e. The number of rotatable bonds is 3. The Kier molecular flexibility index (Phi) is 4.19. The second-order valence-electron chi connectivity index (χ2n) is 4.19. The minimum absolute atomic E-state index is 0.0507. The number of hydrazine groups is 1. The SMILES string of the molecule is Cc1ccc(Nc2cc(NN)nc(C(F)(F)F)n2)cc1Cl. The Morgan fingerprint density at radius 2 is 1.81 bits per heavy atom. The van der Waals surface area contributed by atoms with Crippen molar-refractivity contribution in [1.29, 1.82) is 0 Å². The van der Waals surface area contributed by atoms with Crippen molar-refractivity contribution in [2.45, 2.75) is 13.1 Å². The van der Waals surface area contributed by atoms with Gasteiger partial charge in [0, 0.05) is 16.8 Å². The third-order valence-electron chi connectivity index (χ3n) is 2.57. The van der Waals surface area contributed by atoms with Crippen LogP contribution >= 0.6 is 11.6 Å². The fraction of sp³-hybridized carbons (Fsp3) is 0.167. The molecule has 0 aliphatic rings. The van der Waals surface area contributed by atoms with Crippen LogP contribution < -0.4 is 16.6 Å². The monoisotopic (exact) mass is 317 g/mol. The second-order valence-corrected chi connectivity index (χ2v) is 4.60. The van der Waals surface area contributed by atoms with Gasteiger partial charge < -0.3 is 10.7 Å². The Morgan fingerprint density at radius 1 is 1.14 bits per heavy atom. The molecule has 0 amide bonds. The van der Waals surface area contributed by atoms with Crippen molar-refractivity contribution in [3.05, 3.63) is 40.7 Å². The Balaban J connectivity index is 2.36. The average Bonchev–Trinajstić information content (AvgIpc) is 2.41. The van der Waals surface area contributed by atoms with Crippen molar-refractivity contribution in [1.82, 2.24) is 9.97 Å². The van der Waals surface area contributed by atoms with Crippen molar-refractivity contribution < 1.29 is 13.2 Å². The first kappa shape index (κ1) is 15.3. The summed E-state index contributed by atoms with van der Waals surface area (Å²) in [5, 5.41) is 3.22. The molecule has 0 unspecified atom stereocenters. The normalized spacial score (nSPS) is 11.3. The first-order valence-electron chi connectivity index (χ1n) is 5.75. The Bertz CT molecular complexity index is 660. The molecule has 0 radical (unpaired) electrons. The number of nitrogens with one attached hydrogen (secondary N) is 2. The zero-order valence-corrected chi connectivity index (χ0v) is 11.5. The topological polar surface area (TPSA) is 75.9 Å². The van der Waals surface area contributed by atoms with Gasteiger partial charge in [0.2, 0.25) is 5.82 Å². The van der Waals surface area contributed by atoms with Gasteiger partial charge in [-0.1, -0.05) is 17.7 Å². The molecule has 1 aromatic heterocycles. The highest BCUT2D eigenvalue weighted by Gasteiger charge is 2.35. The number of halogens is 4. The van der Waals surface area contributed by atoms with Crippen molar-refractivity contribution in [3.63, 3.8) is 0 Å². The lowest BCUT2D eigenvalue weighted by Crippen LogP contribution is -2.16. The average molecular weight is 318 g/mol. The molecule has 0 bridgehead atoms. The third-order valence-corrected chi connectivity index (χ3v) is 2.98. The number of anilines is 3. The van der Waals surface area contributed by atoms with Gasteiger partial charge in [0.15, 0.2) is 0 Å². The molecule has 21 heavy (non-hydrogen) atoms.